The summed E-state index contributed by atoms with van der Waals surface area (Å²) in [6.07, 6.45) is 3.76. The molecule has 0 radical (unpaired) electrons. The number of thiocarbonyl (C=S) groups is 1. The molecular weight excluding hydrogens is 346 g/mol. The van der Waals surface area contributed by atoms with Crippen LogP contribution in [0.5, 0.6) is 5.75 Å². The van der Waals surface area contributed by atoms with E-state index in [1.165, 1.54) is 11.8 Å². The fourth-order valence-corrected chi connectivity index (χ4v) is 2.94. The third-order valence-electron chi connectivity index (χ3n) is 3.04. The maximum atomic E-state index is 11.7. The van der Waals surface area contributed by atoms with Crippen molar-refractivity contribution in [2.75, 3.05) is 13.2 Å². The van der Waals surface area contributed by atoms with E-state index in [0.29, 0.717) is 21.6 Å². The second kappa shape index (κ2) is 8.65. The molecule has 1 aromatic rings. The molecule has 0 saturated carbocycles. The quantitative estimate of drug-likeness (QED) is 0.476. The number of rotatable bonds is 6. The predicted octanol–water partition coefficient (Wildman–Crippen LogP) is 3.06. The van der Waals surface area contributed by atoms with Crippen LogP contribution in [-0.4, -0.2) is 29.4 Å². The number of allylic oxidation sites excluding steroid dienone is 2. The largest absolute Gasteiger partial charge is 0.482 e. The minimum absolute atomic E-state index is 0.111. The third-order valence-corrected chi connectivity index (χ3v) is 4.39. The van der Waals surface area contributed by atoms with E-state index in [0.717, 1.165) is 11.1 Å². The van der Waals surface area contributed by atoms with Crippen LogP contribution >= 0.6 is 24.0 Å². The summed E-state index contributed by atoms with van der Waals surface area (Å²) in [5.74, 6) is 0.0372. The number of amides is 1. The molecule has 1 aliphatic rings. The molecule has 0 aromatic heterocycles. The molecule has 1 amide bonds. The number of hydrogen-bond acceptors (Lipinski definition) is 6. The van der Waals surface area contributed by atoms with Crippen LogP contribution in [0.4, 0.5) is 0 Å². The van der Waals surface area contributed by atoms with E-state index < -0.39 is 5.97 Å². The highest BCUT2D eigenvalue weighted by Gasteiger charge is 2.23. The molecule has 24 heavy (non-hydrogen) atoms. The Balaban J connectivity index is 1.96. The van der Waals surface area contributed by atoms with Crippen molar-refractivity contribution in [3.63, 3.8) is 0 Å². The van der Waals surface area contributed by atoms with E-state index in [9.17, 15) is 9.59 Å². The highest BCUT2D eigenvalue weighted by atomic mass is 32.2. The minimum Gasteiger partial charge on any atom is -0.482 e. The number of esters is 1. The van der Waals surface area contributed by atoms with Crippen molar-refractivity contribution in [1.82, 2.24) is 5.32 Å². The van der Waals surface area contributed by atoms with Crippen molar-refractivity contribution in [3.8, 4) is 5.75 Å². The van der Waals surface area contributed by atoms with Crippen LogP contribution in [0.25, 0.3) is 6.08 Å². The lowest BCUT2D eigenvalue weighted by molar-refractivity contribution is -0.145. The Bertz CT molecular complexity index is 708. The zero-order chi connectivity index (χ0) is 17.5. The van der Waals surface area contributed by atoms with E-state index >= 15 is 0 Å². The Morgan fingerprint density at radius 2 is 2.04 bits per heavy atom. The van der Waals surface area contributed by atoms with Gasteiger partial charge in [-0.3, -0.25) is 4.79 Å². The first-order valence-electron chi connectivity index (χ1n) is 7.30. The van der Waals surface area contributed by atoms with Gasteiger partial charge in [0.2, 0.25) is 0 Å². The normalized spacial score (nSPS) is 16.2. The van der Waals surface area contributed by atoms with Gasteiger partial charge in [0.15, 0.2) is 6.61 Å². The molecule has 0 bridgehead atoms. The summed E-state index contributed by atoms with van der Waals surface area (Å²) in [5.41, 5.74) is 1.80. The minimum atomic E-state index is -0.394. The molecular formula is C17H17NO4S2. The van der Waals surface area contributed by atoms with Gasteiger partial charge in [-0.1, -0.05) is 48.3 Å². The molecule has 1 fully saturated rings. The lowest BCUT2D eigenvalue weighted by Gasteiger charge is -2.05. The molecule has 0 spiro atoms. The topological polar surface area (TPSA) is 64.6 Å². The lowest BCUT2D eigenvalue weighted by atomic mass is 10.1. The third kappa shape index (κ3) is 5.21. The SMILES string of the molecule is CCOC(=O)COc1ccc(C=CC(C)=C2SC(=S)NC2=O)cc1. The maximum absolute atomic E-state index is 11.7. The Labute approximate surface area is 150 Å². The van der Waals surface area contributed by atoms with Crippen LogP contribution in [0, 0.1) is 0 Å². The molecule has 0 aliphatic carbocycles. The number of carbonyl (C=O) groups is 2. The molecule has 1 heterocycles. The summed E-state index contributed by atoms with van der Waals surface area (Å²) < 4.78 is 10.6. The van der Waals surface area contributed by atoms with Crippen molar-refractivity contribution in [3.05, 3.63) is 46.4 Å². The number of hydrogen-bond donors (Lipinski definition) is 1. The maximum Gasteiger partial charge on any atom is 0.344 e. The van der Waals surface area contributed by atoms with Crippen molar-refractivity contribution in [2.45, 2.75) is 13.8 Å². The zero-order valence-electron chi connectivity index (χ0n) is 13.3. The van der Waals surface area contributed by atoms with Gasteiger partial charge >= 0.3 is 5.97 Å². The Morgan fingerprint density at radius 1 is 1.33 bits per heavy atom. The van der Waals surface area contributed by atoms with Crippen molar-refractivity contribution in [2.24, 2.45) is 0 Å². The number of ether oxygens (including phenoxy) is 2. The highest BCUT2D eigenvalue weighted by molar-refractivity contribution is 8.26. The summed E-state index contributed by atoms with van der Waals surface area (Å²) >= 11 is 6.24. The van der Waals surface area contributed by atoms with Crippen molar-refractivity contribution in [1.29, 1.82) is 0 Å². The Hall–Kier alpha value is -2.12. The molecule has 126 valence electrons. The molecule has 1 N–H and O–H groups in total. The fourth-order valence-electron chi connectivity index (χ4n) is 1.89. The molecule has 1 aromatic carbocycles. The van der Waals surface area contributed by atoms with Crippen LogP contribution in [0.15, 0.2) is 40.8 Å². The molecule has 1 aliphatic heterocycles. The number of carbonyl (C=O) groups excluding carboxylic acids is 2. The van der Waals surface area contributed by atoms with Gasteiger partial charge in [0, 0.05) is 0 Å². The summed E-state index contributed by atoms with van der Waals surface area (Å²) in [5, 5.41) is 2.59. The van der Waals surface area contributed by atoms with Crippen molar-refractivity contribution < 1.29 is 19.1 Å². The van der Waals surface area contributed by atoms with Gasteiger partial charge in [-0.2, -0.15) is 0 Å². The van der Waals surface area contributed by atoms with Crippen LogP contribution in [0.2, 0.25) is 0 Å². The first kappa shape index (κ1) is 18.2. The number of benzene rings is 1. The van der Waals surface area contributed by atoms with Gasteiger partial charge in [0.1, 0.15) is 10.1 Å². The Kier molecular flexibility index (Phi) is 6.57. The molecule has 0 unspecified atom stereocenters. The van der Waals surface area contributed by atoms with E-state index in [2.05, 4.69) is 5.32 Å². The van der Waals surface area contributed by atoms with E-state index in [1.807, 2.05) is 31.2 Å². The fraction of sp³-hybridized carbons (Fsp3) is 0.235. The van der Waals surface area contributed by atoms with Gasteiger partial charge in [-0.25, -0.2) is 4.79 Å². The van der Waals surface area contributed by atoms with Gasteiger partial charge < -0.3 is 14.8 Å². The first-order valence-corrected chi connectivity index (χ1v) is 8.52. The lowest BCUT2D eigenvalue weighted by Crippen LogP contribution is -2.18. The van der Waals surface area contributed by atoms with Gasteiger partial charge in [-0.15, -0.1) is 0 Å². The molecule has 1 saturated heterocycles. The monoisotopic (exact) mass is 363 g/mol. The van der Waals surface area contributed by atoms with Crippen LogP contribution in [-0.2, 0) is 14.3 Å². The second-order valence-corrected chi connectivity index (χ2v) is 6.54. The second-order valence-electron chi connectivity index (χ2n) is 4.85. The average molecular weight is 363 g/mol. The summed E-state index contributed by atoms with van der Waals surface area (Å²) in [7, 11) is 0. The summed E-state index contributed by atoms with van der Waals surface area (Å²) in [4.78, 5) is 23.5. The van der Waals surface area contributed by atoms with Gasteiger partial charge in [0.05, 0.1) is 11.5 Å². The zero-order valence-corrected chi connectivity index (χ0v) is 15.0. The van der Waals surface area contributed by atoms with Gasteiger partial charge in [-0.05, 0) is 37.1 Å². The van der Waals surface area contributed by atoms with E-state index in [-0.39, 0.29) is 12.5 Å². The number of thioether (sulfide) groups is 1. The van der Waals surface area contributed by atoms with Crippen molar-refractivity contribution >= 4 is 46.3 Å². The standard InChI is InChI=1S/C17H17NO4S2/c1-3-21-14(19)10-22-13-8-6-12(7-9-13)5-4-11(2)15-16(20)18-17(23)24-15/h4-9H,3,10H2,1-2H3,(H,18,20,23). The van der Waals surface area contributed by atoms with Gasteiger partial charge in [0.25, 0.3) is 5.91 Å². The summed E-state index contributed by atoms with van der Waals surface area (Å²) in [6, 6.07) is 7.27. The average Bonchev–Trinajstić information content (AvgIpc) is 2.90. The predicted molar refractivity (Wildman–Crippen MR) is 98.6 cm³/mol. The first-order chi connectivity index (χ1) is 11.5. The molecule has 7 heteroatoms. The van der Waals surface area contributed by atoms with E-state index in [4.69, 9.17) is 21.7 Å². The molecule has 5 nitrogen and oxygen atoms in total. The summed E-state index contributed by atoms with van der Waals surface area (Å²) in [6.45, 7) is 3.84. The molecule has 2 rings (SSSR count). The Morgan fingerprint density at radius 3 is 2.62 bits per heavy atom. The van der Waals surface area contributed by atoms with E-state index in [1.54, 1.807) is 19.1 Å². The van der Waals surface area contributed by atoms with Crippen LogP contribution in [0.1, 0.15) is 19.4 Å². The smallest absolute Gasteiger partial charge is 0.344 e. The van der Waals surface area contributed by atoms with Crippen LogP contribution in [0.3, 0.4) is 0 Å². The van der Waals surface area contributed by atoms with Crippen LogP contribution < -0.4 is 10.1 Å². The molecule has 0 atom stereocenters. The number of nitrogens with one attached hydrogen (secondary N) is 1. The highest BCUT2D eigenvalue weighted by Crippen LogP contribution is 2.27.